The minimum Gasteiger partial charge on any atom is -0.457 e. The molecule has 0 saturated heterocycles. The van der Waals surface area contributed by atoms with Gasteiger partial charge in [-0.25, -0.2) is 0 Å². The van der Waals surface area contributed by atoms with Crippen LogP contribution < -0.4 is 10.5 Å². The van der Waals surface area contributed by atoms with Crippen molar-refractivity contribution in [2.75, 3.05) is 0 Å². The number of non-ortho nitro benzene ring substituents is 1. The van der Waals surface area contributed by atoms with Crippen molar-refractivity contribution in [2.24, 2.45) is 5.73 Å². The highest BCUT2D eigenvalue weighted by Crippen LogP contribution is 2.31. The largest absolute Gasteiger partial charge is 0.457 e. The van der Waals surface area contributed by atoms with Crippen molar-refractivity contribution >= 4 is 17.3 Å². The molecule has 0 amide bonds. The number of ether oxygens (including phenoxy) is 1. The molecule has 2 rings (SSSR count). The summed E-state index contributed by atoms with van der Waals surface area (Å²) in [7, 11) is 0. The van der Waals surface area contributed by atoms with Crippen molar-refractivity contribution < 1.29 is 9.66 Å². The Kier molecular flexibility index (Phi) is 4.22. The van der Waals surface area contributed by atoms with Gasteiger partial charge in [-0.2, -0.15) is 0 Å². The summed E-state index contributed by atoms with van der Waals surface area (Å²) in [6, 6.07) is 9.62. The van der Waals surface area contributed by atoms with Crippen molar-refractivity contribution in [3.63, 3.8) is 0 Å². The molecule has 0 fully saturated rings. The SMILES string of the molecule is Cc1cc([N+](=O)[O-])ccc1Oc1cc(Cl)ccc1CN. The molecule has 0 saturated carbocycles. The van der Waals surface area contributed by atoms with Gasteiger partial charge in [0.05, 0.1) is 4.92 Å². The van der Waals surface area contributed by atoms with Crippen LogP contribution in [-0.4, -0.2) is 4.92 Å². The molecule has 0 atom stereocenters. The molecule has 20 heavy (non-hydrogen) atoms. The molecule has 6 heteroatoms. The van der Waals surface area contributed by atoms with Crippen LogP contribution >= 0.6 is 11.6 Å². The Bertz CT molecular complexity index is 659. The fraction of sp³-hybridized carbons (Fsp3) is 0.143. The third-order valence-electron chi connectivity index (χ3n) is 2.84. The van der Waals surface area contributed by atoms with Gasteiger partial charge in [0, 0.05) is 29.3 Å². The summed E-state index contributed by atoms with van der Waals surface area (Å²) in [5.74, 6) is 1.09. The minimum atomic E-state index is -0.443. The van der Waals surface area contributed by atoms with Gasteiger partial charge >= 0.3 is 0 Å². The summed E-state index contributed by atoms with van der Waals surface area (Å²) in [6.07, 6.45) is 0. The molecule has 2 aromatic rings. The highest BCUT2D eigenvalue weighted by Gasteiger charge is 2.11. The number of nitro benzene ring substituents is 1. The van der Waals surface area contributed by atoms with Gasteiger partial charge in [-0.1, -0.05) is 17.7 Å². The first-order chi connectivity index (χ1) is 9.51. The van der Waals surface area contributed by atoms with E-state index in [0.29, 0.717) is 28.6 Å². The van der Waals surface area contributed by atoms with E-state index in [9.17, 15) is 10.1 Å². The lowest BCUT2D eigenvalue weighted by Crippen LogP contribution is -2.00. The standard InChI is InChI=1S/C14H13ClN2O3/c1-9-6-12(17(18)19)4-5-13(9)20-14-7-11(15)3-2-10(14)8-16/h2-7H,8,16H2,1H3. The molecule has 104 valence electrons. The highest BCUT2D eigenvalue weighted by atomic mass is 35.5. The normalized spacial score (nSPS) is 10.3. The van der Waals surface area contributed by atoms with Crippen LogP contribution in [0.1, 0.15) is 11.1 Å². The van der Waals surface area contributed by atoms with Crippen LogP contribution in [0.5, 0.6) is 11.5 Å². The topological polar surface area (TPSA) is 78.4 Å². The van der Waals surface area contributed by atoms with Gasteiger partial charge in [-0.3, -0.25) is 10.1 Å². The lowest BCUT2D eigenvalue weighted by Gasteiger charge is -2.12. The number of rotatable bonds is 4. The van der Waals surface area contributed by atoms with E-state index in [4.69, 9.17) is 22.1 Å². The average Bonchev–Trinajstić information content (AvgIpc) is 2.41. The van der Waals surface area contributed by atoms with Crippen molar-refractivity contribution in [3.8, 4) is 11.5 Å². The number of halogens is 1. The fourth-order valence-corrected chi connectivity index (χ4v) is 1.93. The second-order valence-corrected chi connectivity index (χ2v) is 4.70. The van der Waals surface area contributed by atoms with E-state index < -0.39 is 4.92 Å². The summed E-state index contributed by atoms with van der Waals surface area (Å²) in [4.78, 5) is 10.3. The van der Waals surface area contributed by atoms with E-state index in [2.05, 4.69) is 0 Å². The Morgan fingerprint density at radius 2 is 2.00 bits per heavy atom. The van der Waals surface area contributed by atoms with Crippen LogP contribution in [0.2, 0.25) is 5.02 Å². The number of hydrogen-bond donors (Lipinski definition) is 1. The third-order valence-corrected chi connectivity index (χ3v) is 3.07. The van der Waals surface area contributed by atoms with E-state index in [1.54, 1.807) is 31.2 Å². The summed E-state index contributed by atoms with van der Waals surface area (Å²) in [5, 5.41) is 11.2. The van der Waals surface area contributed by atoms with Crippen LogP contribution in [0.4, 0.5) is 5.69 Å². The molecule has 0 unspecified atom stereocenters. The molecule has 0 aromatic heterocycles. The molecule has 0 bridgehead atoms. The zero-order valence-corrected chi connectivity index (χ0v) is 11.6. The predicted octanol–water partition coefficient (Wildman–Crippen LogP) is 3.81. The van der Waals surface area contributed by atoms with Crippen LogP contribution in [0, 0.1) is 17.0 Å². The summed E-state index contributed by atoms with van der Waals surface area (Å²) >= 11 is 5.94. The summed E-state index contributed by atoms with van der Waals surface area (Å²) < 4.78 is 5.76. The Morgan fingerprint density at radius 3 is 2.60 bits per heavy atom. The van der Waals surface area contributed by atoms with Crippen LogP contribution in [0.3, 0.4) is 0 Å². The summed E-state index contributed by atoms with van der Waals surface area (Å²) in [6.45, 7) is 2.06. The maximum atomic E-state index is 10.7. The molecule has 2 aromatic carbocycles. The maximum absolute atomic E-state index is 10.7. The first kappa shape index (κ1) is 14.3. The van der Waals surface area contributed by atoms with Crippen molar-refractivity contribution in [1.29, 1.82) is 0 Å². The van der Waals surface area contributed by atoms with Gasteiger partial charge in [0.1, 0.15) is 11.5 Å². The fourth-order valence-electron chi connectivity index (χ4n) is 1.77. The molecule has 2 N–H and O–H groups in total. The van der Waals surface area contributed by atoms with E-state index in [1.807, 2.05) is 0 Å². The van der Waals surface area contributed by atoms with Gasteiger partial charge in [0.15, 0.2) is 0 Å². The lowest BCUT2D eigenvalue weighted by atomic mass is 10.2. The van der Waals surface area contributed by atoms with E-state index >= 15 is 0 Å². The molecule has 0 aliphatic carbocycles. The zero-order chi connectivity index (χ0) is 14.7. The van der Waals surface area contributed by atoms with E-state index in [1.165, 1.54) is 12.1 Å². The zero-order valence-electron chi connectivity index (χ0n) is 10.8. The molecule has 0 radical (unpaired) electrons. The van der Waals surface area contributed by atoms with Crippen LogP contribution in [0.25, 0.3) is 0 Å². The van der Waals surface area contributed by atoms with Gasteiger partial charge in [0.2, 0.25) is 0 Å². The smallest absolute Gasteiger partial charge is 0.269 e. The molecule has 0 spiro atoms. The van der Waals surface area contributed by atoms with Gasteiger partial charge < -0.3 is 10.5 Å². The van der Waals surface area contributed by atoms with Gasteiger partial charge in [-0.05, 0) is 30.7 Å². The molecule has 5 nitrogen and oxygen atoms in total. The van der Waals surface area contributed by atoms with E-state index in [-0.39, 0.29) is 5.69 Å². The molecule has 0 aliphatic heterocycles. The molecular formula is C14H13ClN2O3. The quantitative estimate of drug-likeness (QED) is 0.686. The number of nitrogens with two attached hydrogens (primary N) is 1. The molecular weight excluding hydrogens is 280 g/mol. The van der Waals surface area contributed by atoms with Crippen LogP contribution in [0.15, 0.2) is 36.4 Å². The van der Waals surface area contributed by atoms with Gasteiger partial charge in [-0.15, -0.1) is 0 Å². The van der Waals surface area contributed by atoms with Gasteiger partial charge in [0.25, 0.3) is 5.69 Å². The number of nitrogens with zero attached hydrogens (tertiary/aromatic N) is 1. The van der Waals surface area contributed by atoms with E-state index in [0.717, 1.165) is 5.56 Å². The molecule has 0 aliphatic rings. The minimum absolute atomic E-state index is 0.0278. The van der Waals surface area contributed by atoms with Crippen LogP contribution in [-0.2, 0) is 6.54 Å². The maximum Gasteiger partial charge on any atom is 0.269 e. The highest BCUT2D eigenvalue weighted by molar-refractivity contribution is 6.30. The monoisotopic (exact) mass is 292 g/mol. The first-order valence-corrected chi connectivity index (χ1v) is 6.30. The summed E-state index contributed by atoms with van der Waals surface area (Å²) in [5.41, 5.74) is 7.15. The molecule has 0 heterocycles. The van der Waals surface area contributed by atoms with Crippen molar-refractivity contribution in [2.45, 2.75) is 13.5 Å². The van der Waals surface area contributed by atoms with Crippen molar-refractivity contribution in [1.82, 2.24) is 0 Å². The second-order valence-electron chi connectivity index (χ2n) is 4.27. The average molecular weight is 293 g/mol. The Labute approximate surface area is 121 Å². The first-order valence-electron chi connectivity index (χ1n) is 5.92. The predicted molar refractivity (Wildman–Crippen MR) is 77.3 cm³/mol. The Hall–Kier alpha value is -2.11. The number of hydrogen-bond acceptors (Lipinski definition) is 4. The lowest BCUT2D eigenvalue weighted by molar-refractivity contribution is -0.384. The number of nitro groups is 1. The van der Waals surface area contributed by atoms with Crippen molar-refractivity contribution in [3.05, 3.63) is 62.7 Å². The number of aryl methyl sites for hydroxylation is 1. The third kappa shape index (κ3) is 3.07. The Balaban J connectivity index is 2.35. The number of benzene rings is 2. The second kappa shape index (κ2) is 5.90. The Morgan fingerprint density at radius 1 is 1.25 bits per heavy atom.